The molecule has 0 unspecified atom stereocenters. The van der Waals surface area contributed by atoms with Crippen molar-refractivity contribution in [1.82, 2.24) is 0 Å². The van der Waals surface area contributed by atoms with Crippen molar-refractivity contribution < 1.29 is 31.9 Å². The third-order valence-electron chi connectivity index (χ3n) is 5.97. The molecule has 0 bridgehead atoms. The molecule has 11 heteroatoms. The fourth-order valence-corrected chi connectivity index (χ4v) is 4.43. The van der Waals surface area contributed by atoms with Gasteiger partial charge in [-0.3, -0.25) is 4.79 Å². The Morgan fingerprint density at radius 1 is 1.07 bits per heavy atom. The lowest BCUT2D eigenvalue weighted by Gasteiger charge is -2.16. The summed E-state index contributed by atoms with van der Waals surface area (Å²) in [4.78, 5) is 37.8. The van der Waals surface area contributed by atoms with E-state index in [-0.39, 0.29) is 16.2 Å². The first-order valence-electron chi connectivity index (χ1n) is 11.7. The molecule has 4 rings (SSSR count). The number of nitrogens with one attached hydrogen (secondary N) is 1. The van der Waals surface area contributed by atoms with Gasteiger partial charge in [0.25, 0.3) is 0 Å². The minimum absolute atomic E-state index is 0.0802. The lowest BCUT2D eigenvalue weighted by molar-refractivity contribution is -0.137. The van der Waals surface area contributed by atoms with Crippen molar-refractivity contribution in [2.75, 3.05) is 12.4 Å². The molecule has 0 radical (unpaired) electrons. The predicted octanol–water partition coefficient (Wildman–Crippen LogP) is 7.46. The molecule has 0 atom stereocenters. The first kappa shape index (κ1) is 28.9. The van der Waals surface area contributed by atoms with E-state index in [2.05, 4.69) is 10.1 Å². The molecule has 0 aliphatic heterocycles. The normalized spacial score (nSPS) is 11.7. The molecule has 40 heavy (non-hydrogen) atoms. The van der Waals surface area contributed by atoms with Crippen molar-refractivity contribution in [3.05, 3.63) is 103 Å². The Balaban J connectivity index is 1.84. The van der Waals surface area contributed by atoms with Gasteiger partial charge in [0.1, 0.15) is 5.58 Å². The number of hydrogen-bond donors (Lipinski definition) is 1. The van der Waals surface area contributed by atoms with E-state index in [9.17, 15) is 27.6 Å². The topological polar surface area (TPSA) is 85.6 Å². The van der Waals surface area contributed by atoms with Crippen molar-refractivity contribution in [2.45, 2.75) is 19.5 Å². The van der Waals surface area contributed by atoms with Crippen LogP contribution in [0.15, 0.2) is 69.9 Å². The highest BCUT2D eigenvalue weighted by Gasteiger charge is 2.34. The summed E-state index contributed by atoms with van der Waals surface area (Å²) in [5, 5.41) is 2.89. The summed E-state index contributed by atoms with van der Waals surface area (Å²) in [7, 11) is 1.24. The molecule has 6 nitrogen and oxygen atoms in total. The van der Waals surface area contributed by atoms with E-state index in [1.807, 2.05) is 0 Å². The van der Waals surface area contributed by atoms with Crippen molar-refractivity contribution in [1.29, 1.82) is 0 Å². The van der Waals surface area contributed by atoms with Crippen LogP contribution < -0.4 is 10.9 Å². The Kier molecular flexibility index (Phi) is 8.37. The fourth-order valence-electron chi connectivity index (χ4n) is 4.10. The number of hydrogen-bond acceptors (Lipinski definition) is 5. The Labute approximate surface area is 236 Å². The number of alkyl halides is 3. The summed E-state index contributed by atoms with van der Waals surface area (Å²) >= 11 is 12.0. The molecule has 0 aliphatic rings. The van der Waals surface area contributed by atoms with E-state index in [0.29, 0.717) is 38.7 Å². The van der Waals surface area contributed by atoms with Gasteiger partial charge in [0, 0.05) is 33.1 Å². The summed E-state index contributed by atoms with van der Waals surface area (Å²) in [5.41, 5.74) is -0.339. The number of benzene rings is 3. The quantitative estimate of drug-likeness (QED) is 0.143. The lowest BCUT2D eigenvalue weighted by Crippen LogP contribution is -2.22. The summed E-state index contributed by atoms with van der Waals surface area (Å²) in [6.07, 6.45) is -2.65. The van der Waals surface area contributed by atoms with E-state index in [1.54, 1.807) is 37.3 Å². The van der Waals surface area contributed by atoms with E-state index < -0.39 is 41.4 Å². The van der Waals surface area contributed by atoms with E-state index >= 15 is 0 Å². The molecular formula is C29H20Cl2F3NO5. The third-order valence-corrected chi connectivity index (χ3v) is 6.61. The van der Waals surface area contributed by atoms with Crippen LogP contribution in [0.25, 0.3) is 28.2 Å². The molecule has 0 aliphatic carbocycles. The summed E-state index contributed by atoms with van der Waals surface area (Å²) in [6, 6.07) is 12.9. The molecular weight excluding hydrogens is 570 g/mol. The number of rotatable bonds is 6. The van der Waals surface area contributed by atoms with Crippen LogP contribution in [-0.4, -0.2) is 19.0 Å². The highest BCUT2D eigenvalue weighted by molar-refractivity contribution is 6.32. The molecule has 1 amide bonds. The van der Waals surface area contributed by atoms with Crippen LogP contribution in [0.3, 0.4) is 0 Å². The van der Waals surface area contributed by atoms with E-state index in [0.717, 1.165) is 6.07 Å². The number of halogens is 5. The third kappa shape index (κ3) is 6.38. The summed E-state index contributed by atoms with van der Waals surface area (Å²) in [5.74, 6) is -1.45. The predicted molar refractivity (Wildman–Crippen MR) is 148 cm³/mol. The highest BCUT2D eigenvalue weighted by atomic mass is 35.5. The van der Waals surface area contributed by atoms with Crippen LogP contribution >= 0.6 is 23.2 Å². The molecule has 0 spiro atoms. The highest BCUT2D eigenvalue weighted by Crippen LogP contribution is 2.37. The van der Waals surface area contributed by atoms with Gasteiger partial charge in [0.15, 0.2) is 0 Å². The largest absolute Gasteiger partial charge is 0.466 e. The number of fused-ring (bicyclic) bond motifs is 1. The molecule has 0 fully saturated rings. The molecule has 3 aromatic carbocycles. The molecule has 1 heterocycles. The zero-order valence-corrected chi connectivity index (χ0v) is 22.5. The molecule has 1 N–H and O–H groups in total. The zero-order chi connectivity index (χ0) is 29.2. The van der Waals surface area contributed by atoms with Crippen LogP contribution in [0.2, 0.25) is 10.0 Å². The second kappa shape index (κ2) is 11.6. The SMILES string of the molecule is COC(=O)/C=C/c1cccc(-c2c(CC(=O)Nc3ccc(Cl)cc3C(F)(F)F)c(=O)oc3cc(Cl)c(C)cc23)c1. The first-order chi connectivity index (χ1) is 18.9. The second-order valence-electron chi connectivity index (χ2n) is 8.74. The number of esters is 1. The first-order valence-corrected chi connectivity index (χ1v) is 12.4. The van der Waals surface area contributed by atoms with Gasteiger partial charge in [0.05, 0.1) is 30.3 Å². The summed E-state index contributed by atoms with van der Waals surface area (Å²) in [6.45, 7) is 1.75. The maximum Gasteiger partial charge on any atom is 0.418 e. The average molecular weight is 590 g/mol. The maximum absolute atomic E-state index is 13.6. The number of aryl methyl sites for hydroxylation is 1. The van der Waals surface area contributed by atoms with Gasteiger partial charge in [0.2, 0.25) is 5.91 Å². The van der Waals surface area contributed by atoms with Gasteiger partial charge < -0.3 is 14.5 Å². The van der Waals surface area contributed by atoms with Gasteiger partial charge >= 0.3 is 17.8 Å². The number of amides is 1. The monoisotopic (exact) mass is 589 g/mol. The Morgan fingerprint density at radius 3 is 2.52 bits per heavy atom. The Morgan fingerprint density at radius 2 is 1.82 bits per heavy atom. The Hall–Kier alpha value is -4.08. The number of ether oxygens (including phenoxy) is 1. The number of anilines is 1. The Bertz CT molecular complexity index is 1730. The van der Waals surface area contributed by atoms with Crippen LogP contribution in [0.1, 0.15) is 22.3 Å². The molecule has 0 saturated heterocycles. The minimum Gasteiger partial charge on any atom is -0.466 e. The van der Waals surface area contributed by atoms with Crippen LogP contribution in [0, 0.1) is 6.92 Å². The molecule has 0 saturated carbocycles. The van der Waals surface area contributed by atoms with E-state index in [4.69, 9.17) is 27.6 Å². The lowest BCUT2D eigenvalue weighted by atomic mass is 9.93. The second-order valence-corrected chi connectivity index (χ2v) is 9.58. The van der Waals surface area contributed by atoms with Crippen molar-refractivity contribution >= 4 is 57.8 Å². The van der Waals surface area contributed by atoms with Gasteiger partial charge in [-0.05, 0) is 60.0 Å². The number of methoxy groups -OCH3 is 1. The van der Waals surface area contributed by atoms with Crippen LogP contribution in [-0.2, 0) is 26.9 Å². The maximum atomic E-state index is 13.6. The molecule has 4 aromatic rings. The van der Waals surface area contributed by atoms with Crippen molar-refractivity contribution in [2.24, 2.45) is 0 Å². The standard InChI is InChI=1S/C29H20Cl2F3NO5/c1-15-10-19-24(14-22(15)31)40-28(38)20(27(19)17-5-3-4-16(11-17)6-9-26(37)39-2)13-25(36)35-23-8-7-18(30)12-21(23)29(32,33)34/h3-12,14H,13H2,1-2H3,(H,35,36)/b9-6+. The summed E-state index contributed by atoms with van der Waals surface area (Å²) < 4.78 is 50.7. The number of carbonyl (C=O) groups excluding carboxylic acids is 2. The van der Waals surface area contributed by atoms with Crippen molar-refractivity contribution in [3.63, 3.8) is 0 Å². The van der Waals surface area contributed by atoms with Crippen molar-refractivity contribution in [3.8, 4) is 11.1 Å². The van der Waals surface area contributed by atoms with Gasteiger partial charge in [-0.25, -0.2) is 9.59 Å². The van der Waals surface area contributed by atoms with Crippen LogP contribution in [0.4, 0.5) is 18.9 Å². The zero-order valence-electron chi connectivity index (χ0n) is 21.0. The smallest absolute Gasteiger partial charge is 0.418 e. The fraction of sp³-hybridized carbons (Fsp3) is 0.138. The van der Waals surface area contributed by atoms with E-state index in [1.165, 1.54) is 31.4 Å². The van der Waals surface area contributed by atoms with Gasteiger partial charge in [-0.15, -0.1) is 0 Å². The van der Waals surface area contributed by atoms with Gasteiger partial charge in [-0.1, -0.05) is 41.4 Å². The molecule has 206 valence electrons. The molecule has 1 aromatic heterocycles. The van der Waals surface area contributed by atoms with Gasteiger partial charge in [-0.2, -0.15) is 13.2 Å². The minimum atomic E-state index is -4.78. The van der Waals surface area contributed by atoms with Crippen LogP contribution in [0.5, 0.6) is 0 Å². The average Bonchev–Trinajstić information content (AvgIpc) is 2.89. The number of carbonyl (C=O) groups is 2.